The monoisotopic (exact) mass is 140 g/mol. The Labute approximate surface area is 58.3 Å². The van der Waals surface area contributed by atoms with Gasteiger partial charge in [0.1, 0.15) is 12.2 Å². The van der Waals surface area contributed by atoms with Gasteiger partial charge in [-0.25, -0.2) is 0 Å². The minimum atomic E-state index is -0.581. The van der Waals surface area contributed by atoms with E-state index in [0.29, 0.717) is 6.42 Å². The lowest BCUT2D eigenvalue weighted by atomic mass is 9.95. The van der Waals surface area contributed by atoms with Crippen molar-refractivity contribution in [2.45, 2.75) is 18.6 Å². The number of aliphatic hydroxyl groups is 1. The summed E-state index contributed by atoms with van der Waals surface area (Å²) in [5.41, 5.74) is 0. The number of esters is 1. The molecule has 0 aromatic carbocycles. The molecule has 2 bridgehead atoms. The first-order valence-electron chi connectivity index (χ1n) is 3.34. The summed E-state index contributed by atoms with van der Waals surface area (Å²) in [6.07, 6.45) is 3.14. The summed E-state index contributed by atoms with van der Waals surface area (Å²) in [4.78, 5) is 10.8. The maximum absolute atomic E-state index is 10.8. The lowest BCUT2D eigenvalue weighted by Crippen LogP contribution is -2.24. The van der Waals surface area contributed by atoms with Crippen molar-refractivity contribution in [3.05, 3.63) is 12.2 Å². The smallest absolute Gasteiger partial charge is 0.313 e. The Morgan fingerprint density at radius 2 is 2.40 bits per heavy atom. The number of carbonyl (C=O) groups is 1. The fourth-order valence-electron chi connectivity index (χ4n) is 1.37. The third-order valence-electron chi connectivity index (χ3n) is 1.98. The predicted octanol–water partition coefficient (Wildman–Crippen LogP) is -0.151. The SMILES string of the molecule is O=C1OC2CC1C=C[C@@H]2O. The van der Waals surface area contributed by atoms with E-state index in [4.69, 9.17) is 9.84 Å². The standard InChI is InChI=1S/C7H8O3/c8-5-2-1-4-3-6(5)10-7(4)9/h1-2,4-6,8H,3H2/t4?,5-,6?/m0/s1. The van der Waals surface area contributed by atoms with E-state index in [-0.39, 0.29) is 18.0 Å². The van der Waals surface area contributed by atoms with Crippen molar-refractivity contribution in [2.24, 2.45) is 5.92 Å². The van der Waals surface area contributed by atoms with Crippen LogP contribution < -0.4 is 0 Å². The Morgan fingerprint density at radius 1 is 1.60 bits per heavy atom. The van der Waals surface area contributed by atoms with E-state index in [9.17, 15) is 4.79 Å². The van der Waals surface area contributed by atoms with E-state index in [2.05, 4.69) is 0 Å². The van der Waals surface area contributed by atoms with Gasteiger partial charge in [-0.3, -0.25) is 4.79 Å². The molecule has 0 spiro atoms. The van der Waals surface area contributed by atoms with Gasteiger partial charge in [0.2, 0.25) is 0 Å². The number of carbonyl (C=O) groups excluding carboxylic acids is 1. The van der Waals surface area contributed by atoms with Gasteiger partial charge < -0.3 is 9.84 Å². The highest BCUT2D eigenvalue weighted by molar-refractivity contribution is 5.77. The minimum Gasteiger partial charge on any atom is -0.459 e. The van der Waals surface area contributed by atoms with Crippen LogP contribution in [0.2, 0.25) is 0 Å². The lowest BCUT2D eigenvalue weighted by molar-refractivity contribution is -0.145. The van der Waals surface area contributed by atoms with E-state index in [0.717, 1.165) is 0 Å². The summed E-state index contributed by atoms with van der Waals surface area (Å²) >= 11 is 0. The molecule has 0 radical (unpaired) electrons. The van der Waals surface area contributed by atoms with Crippen LogP contribution in [-0.2, 0) is 9.53 Å². The number of ether oxygens (including phenoxy) is 1. The van der Waals surface area contributed by atoms with Crippen molar-refractivity contribution in [3.63, 3.8) is 0 Å². The van der Waals surface area contributed by atoms with Gasteiger partial charge in [0, 0.05) is 6.42 Å². The molecule has 0 aromatic rings. The molecule has 1 heterocycles. The third kappa shape index (κ3) is 0.671. The zero-order chi connectivity index (χ0) is 7.14. The van der Waals surface area contributed by atoms with Crippen LogP contribution in [-0.4, -0.2) is 23.3 Å². The number of rotatable bonds is 0. The summed E-state index contributed by atoms with van der Waals surface area (Å²) in [5, 5.41) is 9.15. The van der Waals surface area contributed by atoms with Crippen molar-refractivity contribution in [1.29, 1.82) is 0 Å². The fraction of sp³-hybridized carbons (Fsp3) is 0.571. The lowest BCUT2D eigenvalue weighted by Gasteiger charge is -2.14. The number of aliphatic hydroxyl groups excluding tert-OH is 1. The molecule has 3 heteroatoms. The highest BCUT2D eigenvalue weighted by Gasteiger charge is 2.39. The Kier molecular flexibility index (Phi) is 1.08. The molecule has 1 N–H and O–H groups in total. The van der Waals surface area contributed by atoms with Gasteiger partial charge in [-0.1, -0.05) is 12.2 Å². The van der Waals surface area contributed by atoms with Crippen LogP contribution in [0.4, 0.5) is 0 Å². The largest absolute Gasteiger partial charge is 0.459 e. The average Bonchev–Trinajstić information content (AvgIpc) is 2.21. The highest BCUT2D eigenvalue weighted by Crippen LogP contribution is 2.29. The molecule has 1 saturated heterocycles. The molecule has 0 amide bonds. The van der Waals surface area contributed by atoms with E-state index >= 15 is 0 Å². The number of hydrogen-bond donors (Lipinski definition) is 1. The van der Waals surface area contributed by atoms with Crippen LogP contribution in [0.25, 0.3) is 0 Å². The van der Waals surface area contributed by atoms with Gasteiger partial charge in [0.25, 0.3) is 0 Å². The second kappa shape index (κ2) is 1.83. The molecule has 0 saturated carbocycles. The van der Waals surface area contributed by atoms with Crippen LogP contribution in [0, 0.1) is 5.92 Å². The molecular weight excluding hydrogens is 132 g/mol. The Bertz CT molecular complexity index is 197. The van der Waals surface area contributed by atoms with Gasteiger partial charge in [-0.2, -0.15) is 0 Å². The summed E-state index contributed by atoms with van der Waals surface area (Å²) in [6, 6.07) is 0. The van der Waals surface area contributed by atoms with Crippen molar-refractivity contribution in [3.8, 4) is 0 Å². The first-order valence-corrected chi connectivity index (χ1v) is 3.34. The number of hydrogen-bond acceptors (Lipinski definition) is 3. The topological polar surface area (TPSA) is 46.5 Å². The summed E-state index contributed by atoms with van der Waals surface area (Å²) in [7, 11) is 0. The molecule has 2 rings (SSSR count). The Hall–Kier alpha value is -0.830. The maximum Gasteiger partial charge on any atom is 0.313 e. The molecule has 2 aliphatic rings. The third-order valence-corrected chi connectivity index (χ3v) is 1.98. The van der Waals surface area contributed by atoms with Crippen molar-refractivity contribution in [2.75, 3.05) is 0 Å². The highest BCUT2D eigenvalue weighted by atomic mass is 16.6. The molecule has 1 aliphatic carbocycles. The van der Waals surface area contributed by atoms with Crippen LogP contribution in [0.3, 0.4) is 0 Å². The van der Waals surface area contributed by atoms with Gasteiger partial charge >= 0.3 is 5.97 Å². The number of fused-ring (bicyclic) bond motifs is 2. The van der Waals surface area contributed by atoms with Gasteiger partial charge in [-0.05, 0) is 0 Å². The van der Waals surface area contributed by atoms with Crippen molar-refractivity contribution < 1.29 is 14.6 Å². The van der Waals surface area contributed by atoms with Gasteiger partial charge in [-0.15, -0.1) is 0 Å². The Balaban J connectivity index is 2.27. The molecule has 2 unspecified atom stereocenters. The Morgan fingerprint density at radius 3 is 3.10 bits per heavy atom. The van der Waals surface area contributed by atoms with Gasteiger partial charge in [0.15, 0.2) is 0 Å². The van der Waals surface area contributed by atoms with Crippen LogP contribution in [0.1, 0.15) is 6.42 Å². The molecule has 1 aliphatic heterocycles. The van der Waals surface area contributed by atoms with Crippen LogP contribution >= 0.6 is 0 Å². The van der Waals surface area contributed by atoms with Gasteiger partial charge in [0.05, 0.1) is 5.92 Å². The van der Waals surface area contributed by atoms with E-state index < -0.39 is 6.10 Å². The second-order valence-electron chi connectivity index (χ2n) is 2.69. The molecule has 3 atom stereocenters. The average molecular weight is 140 g/mol. The van der Waals surface area contributed by atoms with E-state index in [1.807, 2.05) is 0 Å². The first-order chi connectivity index (χ1) is 4.77. The second-order valence-corrected chi connectivity index (χ2v) is 2.69. The molecule has 10 heavy (non-hydrogen) atoms. The molecule has 1 fully saturated rings. The molecule has 0 aromatic heterocycles. The predicted molar refractivity (Wildman–Crippen MR) is 33.1 cm³/mol. The van der Waals surface area contributed by atoms with Crippen LogP contribution in [0.5, 0.6) is 0 Å². The maximum atomic E-state index is 10.8. The normalized spacial score (nSPS) is 43.7. The zero-order valence-electron chi connectivity index (χ0n) is 5.36. The summed E-state index contributed by atoms with van der Waals surface area (Å²) < 4.78 is 4.85. The molecule has 3 nitrogen and oxygen atoms in total. The van der Waals surface area contributed by atoms with E-state index in [1.54, 1.807) is 12.2 Å². The van der Waals surface area contributed by atoms with Crippen molar-refractivity contribution in [1.82, 2.24) is 0 Å². The fourth-order valence-corrected chi connectivity index (χ4v) is 1.37. The van der Waals surface area contributed by atoms with Crippen LogP contribution in [0.15, 0.2) is 12.2 Å². The van der Waals surface area contributed by atoms with Crippen molar-refractivity contribution >= 4 is 5.97 Å². The molecular formula is C7H8O3. The first kappa shape index (κ1) is 5.92. The quantitative estimate of drug-likeness (QED) is 0.376. The summed E-state index contributed by atoms with van der Waals surface area (Å²) in [6.45, 7) is 0. The minimum absolute atomic E-state index is 0.0894. The molecule has 54 valence electrons. The summed E-state index contributed by atoms with van der Waals surface area (Å²) in [5.74, 6) is -0.286. The zero-order valence-corrected chi connectivity index (χ0v) is 5.36. The van der Waals surface area contributed by atoms with E-state index in [1.165, 1.54) is 0 Å².